The van der Waals surface area contributed by atoms with Gasteiger partial charge in [0.1, 0.15) is 0 Å². The highest BCUT2D eigenvalue weighted by molar-refractivity contribution is 7.15. The number of nitrogens with one attached hydrogen (secondary N) is 2. The maximum Gasteiger partial charge on any atom is 0.257 e. The standard InChI is InChI=1S/C21H19N3O2S/c25-19(14-7-2-1-3-8-14)22-16-10-6-9-15(13-16)20(26)24-21-23-17-11-4-5-12-18(17)27-21/h1-3,6-10,13H,4-5,11-12H2,(H,22,25)(H,23,24,26). The number of hydrogen-bond donors (Lipinski definition) is 2. The van der Waals surface area contributed by atoms with Crippen molar-refractivity contribution < 1.29 is 9.59 Å². The van der Waals surface area contributed by atoms with E-state index in [1.165, 1.54) is 11.3 Å². The molecule has 0 unspecified atom stereocenters. The van der Waals surface area contributed by atoms with Crippen LogP contribution in [-0.4, -0.2) is 16.8 Å². The van der Waals surface area contributed by atoms with Gasteiger partial charge in [0.25, 0.3) is 11.8 Å². The Morgan fingerprint density at radius 2 is 1.59 bits per heavy atom. The van der Waals surface area contributed by atoms with Gasteiger partial charge in [-0.05, 0) is 56.0 Å². The number of benzene rings is 2. The van der Waals surface area contributed by atoms with E-state index in [0.717, 1.165) is 25.0 Å². The summed E-state index contributed by atoms with van der Waals surface area (Å²) < 4.78 is 0. The minimum atomic E-state index is -0.225. The molecule has 0 spiro atoms. The van der Waals surface area contributed by atoms with Gasteiger partial charge in [-0.2, -0.15) is 0 Å². The number of thiazole rings is 1. The van der Waals surface area contributed by atoms with Crippen molar-refractivity contribution in [3.8, 4) is 0 Å². The number of carbonyl (C=O) groups is 2. The Morgan fingerprint density at radius 1 is 0.852 bits per heavy atom. The van der Waals surface area contributed by atoms with Gasteiger partial charge >= 0.3 is 0 Å². The fourth-order valence-corrected chi connectivity index (χ4v) is 4.15. The number of hydrogen-bond acceptors (Lipinski definition) is 4. The van der Waals surface area contributed by atoms with Crippen molar-refractivity contribution in [1.82, 2.24) is 4.98 Å². The average Bonchev–Trinajstić information content (AvgIpc) is 3.11. The van der Waals surface area contributed by atoms with Gasteiger partial charge in [0.2, 0.25) is 0 Å². The van der Waals surface area contributed by atoms with Crippen molar-refractivity contribution in [2.45, 2.75) is 25.7 Å². The van der Waals surface area contributed by atoms with Gasteiger partial charge in [-0.1, -0.05) is 24.3 Å². The number of amides is 2. The Bertz CT molecular complexity index is 959. The molecule has 2 amide bonds. The van der Waals surface area contributed by atoms with E-state index in [2.05, 4.69) is 15.6 Å². The van der Waals surface area contributed by atoms with Crippen LogP contribution in [0, 0.1) is 0 Å². The molecule has 0 saturated carbocycles. The van der Waals surface area contributed by atoms with Crippen LogP contribution in [0.4, 0.5) is 10.8 Å². The van der Waals surface area contributed by atoms with Gasteiger partial charge in [-0.15, -0.1) is 11.3 Å². The lowest BCUT2D eigenvalue weighted by molar-refractivity contribution is 0.101. The first-order valence-corrected chi connectivity index (χ1v) is 9.77. The van der Waals surface area contributed by atoms with E-state index < -0.39 is 0 Å². The van der Waals surface area contributed by atoms with Gasteiger partial charge in [-0.3, -0.25) is 14.9 Å². The summed E-state index contributed by atoms with van der Waals surface area (Å²) in [6, 6.07) is 15.9. The van der Waals surface area contributed by atoms with Crippen molar-refractivity contribution in [1.29, 1.82) is 0 Å². The molecule has 5 nitrogen and oxygen atoms in total. The molecule has 1 aliphatic rings. The molecule has 27 heavy (non-hydrogen) atoms. The van der Waals surface area contributed by atoms with Crippen LogP contribution in [0.1, 0.15) is 44.1 Å². The first-order chi connectivity index (χ1) is 13.2. The molecule has 1 aromatic heterocycles. The van der Waals surface area contributed by atoms with Crippen molar-refractivity contribution in [2.75, 3.05) is 10.6 Å². The first kappa shape index (κ1) is 17.4. The summed E-state index contributed by atoms with van der Waals surface area (Å²) in [5.41, 5.74) is 2.75. The summed E-state index contributed by atoms with van der Waals surface area (Å²) >= 11 is 1.56. The van der Waals surface area contributed by atoms with E-state index in [1.54, 1.807) is 47.7 Å². The number of carbonyl (C=O) groups excluding carboxylic acids is 2. The molecule has 0 atom stereocenters. The minimum Gasteiger partial charge on any atom is -0.322 e. The zero-order valence-electron chi connectivity index (χ0n) is 14.7. The monoisotopic (exact) mass is 377 g/mol. The van der Waals surface area contributed by atoms with Crippen molar-refractivity contribution in [3.63, 3.8) is 0 Å². The van der Waals surface area contributed by atoms with E-state index in [9.17, 15) is 9.59 Å². The van der Waals surface area contributed by atoms with Crippen molar-refractivity contribution in [2.24, 2.45) is 0 Å². The molecule has 2 aromatic carbocycles. The number of anilines is 2. The van der Waals surface area contributed by atoms with Crippen molar-refractivity contribution >= 4 is 34.0 Å². The molecule has 0 aliphatic heterocycles. The SMILES string of the molecule is O=C(Nc1cccc(C(=O)Nc2nc3c(s2)CCCC3)c1)c1ccccc1. The highest BCUT2D eigenvalue weighted by atomic mass is 32.1. The number of rotatable bonds is 4. The lowest BCUT2D eigenvalue weighted by Gasteiger charge is -2.07. The second-order valence-electron chi connectivity index (χ2n) is 6.45. The summed E-state index contributed by atoms with van der Waals surface area (Å²) in [5.74, 6) is -0.433. The van der Waals surface area contributed by atoms with Gasteiger partial charge in [-0.25, -0.2) is 4.98 Å². The maximum absolute atomic E-state index is 12.6. The van der Waals surface area contributed by atoms with Gasteiger partial charge in [0, 0.05) is 21.7 Å². The lowest BCUT2D eigenvalue weighted by atomic mass is 10.0. The predicted molar refractivity (Wildman–Crippen MR) is 108 cm³/mol. The number of aryl methyl sites for hydroxylation is 2. The average molecular weight is 377 g/mol. The van der Waals surface area contributed by atoms with E-state index in [0.29, 0.717) is 21.9 Å². The van der Waals surface area contributed by atoms with Crippen LogP contribution in [0.3, 0.4) is 0 Å². The van der Waals surface area contributed by atoms with E-state index in [4.69, 9.17) is 0 Å². The van der Waals surface area contributed by atoms with Crippen LogP contribution in [0.15, 0.2) is 54.6 Å². The third-order valence-electron chi connectivity index (χ3n) is 4.48. The van der Waals surface area contributed by atoms with Gasteiger partial charge < -0.3 is 5.32 Å². The largest absolute Gasteiger partial charge is 0.322 e. The Balaban J connectivity index is 1.46. The highest BCUT2D eigenvalue weighted by Crippen LogP contribution is 2.29. The minimum absolute atomic E-state index is 0.208. The zero-order chi connectivity index (χ0) is 18.6. The molecule has 136 valence electrons. The van der Waals surface area contributed by atoms with Crippen LogP contribution >= 0.6 is 11.3 Å². The summed E-state index contributed by atoms with van der Waals surface area (Å²) in [6.07, 6.45) is 4.38. The Morgan fingerprint density at radius 3 is 2.41 bits per heavy atom. The number of fused-ring (bicyclic) bond motifs is 1. The predicted octanol–water partition coefficient (Wildman–Crippen LogP) is 4.53. The van der Waals surface area contributed by atoms with Crippen LogP contribution in [0.5, 0.6) is 0 Å². The van der Waals surface area contributed by atoms with E-state index >= 15 is 0 Å². The normalized spacial score (nSPS) is 12.9. The van der Waals surface area contributed by atoms with Crippen LogP contribution in [0.25, 0.3) is 0 Å². The Labute approximate surface area is 161 Å². The first-order valence-electron chi connectivity index (χ1n) is 8.95. The number of aromatic nitrogens is 1. The van der Waals surface area contributed by atoms with E-state index in [1.807, 2.05) is 18.2 Å². The fraction of sp³-hybridized carbons (Fsp3) is 0.190. The van der Waals surface area contributed by atoms with Gasteiger partial charge in [0.05, 0.1) is 5.69 Å². The lowest BCUT2D eigenvalue weighted by Crippen LogP contribution is -2.14. The zero-order valence-corrected chi connectivity index (χ0v) is 15.5. The van der Waals surface area contributed by atoms with Crippen molar-refractivity contribution in [3.05, 3.63) is 76.3 Å². The molecular weight excluding hydrogens is 358 g/mol. The molecule has 0 radical (unpaired) electrons. The third-order valence-corrected chi connectivity index (χ3v) is 5.56. The topological polar surface area (TPSA) is 71.1 Å². The molecule has 4 rings (SSSR count). The quantitative estimate of drug-likeness (QED) is 0.702. The summed E-state index contributed by atoms with van der Waals surface area (Å²) in [7, 11) is 0. The highest BCUT2D eigenvalue weighted by Gasteiger charge is 2.17. The molecule has 1 aliphatic carbocycles. The summed E-state index contributed by atoms with van der Waals surface area (Å²) in [5, 5.41) is 6.35. The molecule has 3 aromatic rings. The fourth-order valence-electron chi connectivity index (χ4n) is 3.11. The van der Waals surface area contributed by atoms with E-state index in [-0.39, 0.29) is 11.8 Å². The molecular formula is C21H19N3O2S. The second-order valence-corrected chi connectivity index (χ2v) is 7.53. The summed E-state index contributed by atoms with van der Waals surface area (Å²) in [4.78, 5) is 30.7. The smallest absolute Gasteiger partial charge is 0.257 e. The molecule has 0 bridgehead atoms. The van der Waals surface area contributed by atoms with Crippen LogP contribution in [0.2, 0.25) is 0 Å². The summed E-state index contributed by atoms with van der Waals surface area (Å²) in [6.45, 7) is 0. The molecule has 0 fully saturated rings. The van der Waals surface area contributed by atoms with Crippen LogP contribution < -0.4 is 10.6 Å². The molecule has 6 heteroatoms. The molecule has 0 saturated heterocycles. The molecule has 1 heterocycles. The third kappa shape index (κ3) is 4.06. The van der Waals surface area contributed by atoms with Crippen LogP contribution in [-0.2, 0) is 12.8 Å². The van der Waals surface area contributed by atoms with Gasteiger partial charge in [0.15, 0.2) is 5.13 Å². The second kappa shape index (κ2) is 7.72. The number of nitrogens with zero attached hydrogens (tertiary/aromatic N) is 1. The maximum atomic E-state index is 12.6. The Kier molecular flexibility index (Phi) is 4.98. The molecule has 2 N–H and O–H groups in total. The Hall–Kier alpha value is -2.99.